The van der Waals surface area contributed by atoms with E-state index in [2.05, 4.69) is 10.3 Å². The average molecular weight is 400 g/mol. The van der Waals surface area contributed by atoms with Crippen LogP contribution in [0.4, 0.5) is 5.69 Å². The Hall–Kier alpha value is -3.18. The van der Waals surface area contributed by atoms with Gasteiger partial charge in [-0.1, -0.05) is 29.8 Å². The topological polar surface area (TPSA) is 54.9 Å². The maximum absolute atomic E-state index is 12.3. The van der Waals surface area contributed by atoms with Gasteiger partial charge < -0.3 is 5.32 Å². The van der Waals surface area contributed by atoms with E-state index in [4.69, 9.17) is 4.98 Å². The van der Waals surface area contributed by atoms with E-state index in [1.807, 2.05) is 86.6 Å². The van der Waals surface area contributed by atoms with Crippen LogP contribution in [0.2, 0.25) is 0 Å². The number of nitrogens with zero attached hydrogens (tertiary/aromatic N) is 2. The molecule has 0 aliphatic heterocycles. The molecule has 0 atom stereocenters. The maximum Gasteiger partial charge on any atom is 0.255 e. The number of hydrogen-bond acceptors (Lipinski definition) is 4. The highest BCUT2D eigenvalue weighted by Crippen LogP contribution is 2.25. The van der Waals surface area contributed by atoms with E-state index in [0.29, 0.717) is 5.56 Å². The number of anilines is 1. The first-order chi connectivity index (χ1) is 14.1. The number of para-hydroxylation sites is 2. The molecule has 1 heterocycles. The molecular formula is C24H21N3OS. The lowest BCUT2D eigenvalue weighted by molar-refractivity contribution is 0.102. The second-order valence-electron chi connectivity index (χ2n) is 6.88. The summed E-state index contributed by atoms with van der Waals surface area (Å²) in [5.41, 5.74) is 6.36. The van der Waals surface area contributed by atoms with Crippen molar-refractivity contribution >= 4 is 34.4 Å². The third kappa shape index (κ3) is 4.63. The fraction of sp³-hybridized carbons (Fsp3) is 0.125. The van der Waals surface area contributed by atoms with Crippen molar-refractivity contribution in [2.24, 2.45) is 0 Å². The summed E-state index contributed by atoms with van der Waals surface area (Å²) in [5.74, 6) is 0.645. The van der Waals surface area contributed by atoms with Crippen molar-refractivity contribution < 1.29 is 4.79 Å². The summed E-state index contributed by atoms with van der Waals surface area (Å²) in [7, 11) is 0. The number of rotatable bonds is 5. The van der Waals surface area contributed by atoms with Crippen LogP contribution in [0.1, 0.15) is 27.3 Å². The molecule has 0 saturated carbocycles. The molecule has 29 heavy (non-hydrogen) atoms. The van der Waals surface area contributed by atoms with Gasteiger partial charge in [-0.25, -0.2) is 9.97 Å². The smallest absolute Gasteiger partial charge is 0.255 e. The molecule has 0 radical (unpaired) electrons. The summed E-state index contributed by atoms with van der Waals surface area (Å²) < 4.78 is 0. The van der Waals surface area contributed by atoms with Gasteiger partial charge in [0.15, 0.2) is 0 Å². The summed E-state index contributed by atoms with van der Waals surface area (Å²) in [4.78, 5) is 22.8. The van der Waals surface area contributed by atoms with Crippen LogP contribution in [0.25, 0.3) is 11.0 Å². The van der Waals surface area contributed by atoms with E-state index in [-0.39, 0.29) is 5.91 Å². The second kappa shape index (κ2) is 8.45. The molecule has 0 spiro atoms. The Kier molecular flexibility index (Phi) is 5.58. The summed E-state index contributed by atoms with van der Waals surface area (Å²) in [6.07, 6.45) is 0. The molecular weight excluding hydrogens is 378 g/mol. The maximum atomic E-state index is 12.3. The molecule has 1 N–H and O–H groups in total. The standard InChI is InChI=1S/C24H21N3OS/c1-16-7-9-18(10-8-16)24(28)26-19-11-13-20(14-12-19)29-15-23-17(2)25-21-5-3-4-6-22(21)27-23/h3-14H,15H2,1-2H3,(H,26,28). The second-order valence-corrected chi connectivity index (χ2v) is 7.93. The van der Waals surface area contributed by atoms with Crippen LogP contribution in [-0.4, -0.2) is 15.9 Å². The molecule has 0 fully saturated rings. The predicted molar refractivity (Wildman–Crippen MR) is 119 cm³/mol. The van der Waals surface area contributed by atoms with Crippen LogP contribution < -0.4 is 5.32 Å². The molecule has 4 rings (SSSR count). The minimum Gasteiger partial charge on any atom is -0.322 e. The average Bonchev–Trinajstić information content (AvgIpc) is 2.73. The van der Waals surface area contributed by atoms with Crippen LogP contribution in [0.3, 0.4) is 0 Å². The van der Waals surface area contributed by atoms with Gasteiger partial charge in [0.05, 0.1) is 22.4 Å². The first-order valence-electron chi connectivity index (χ1n) is 9.41. The number of hydrogen-bond donors (Lipinski definition) is 1. The molecule has 3 aromatic carbocycles. The van der Waals surface area contributed by atoms with Crippen molar-refractivity contribution in [1.82, 2.24) is 9.97 Å². The van der Waals surface area contributed by atoms with E-state index in [0.717, 1.165) is 44.3 Å². The number of carbonyl (C=O) groups excluding carboxylic acids is 1. The van der Waals surface area contributed by atoms with Crippen LogP contribution in [0, 0.1) is 13.8 Å². The molecule has 4 aromatic rings. The Morgan fingerprint density at radius 2 is 1.52 bits per heavy atom. The van der Waals surface area contributed by atoms with Gasteiger partial charge in [-0.3, -0.25) is 4.79 Å². The molecule has 5 heteroatoms. The SMILES string of the molecule is Cc1ccc(C(=O)Nc2ccc(SCc3nc4ccccc4nc3C)cc2)cc1. The van der Waals surface area contributed by atoms with Gasteiger partial charge in [-0.15, -0.1) is 11.8 Å². The number of benzene rings is 3. The van der Waals surface area contributed by atoms with Crippen LogP contribution in [-0.2, 0) is 5.75 Å². The lowest BCUT2D eigenvalue weighted by atomic mass is 10.1. The minimum absolute atomic E-state index is 0.104. The van der Waals surface area contributed by atoms with Gasteiger partial charge in [0.25, 0.3) is 5.91 Å². The zero-order valence-electron chi connectivity index (χ0n) is 16.3. The molecule has 1 aromatic heterocycles. The largest absolute Gasteiger partial charge is 0.322 e. The molecule has 4 nitrogen and oxygen atoms in total. The Balaban J connectivity index is 1.40. The van der Waals surface area contributed by atoms with Gasteiger partial charge >= 0.3 is 0 Å². The Labute approximate surface area is 174 Å². The summed E-state index contributed by atoms with van der Waals surface area (Å²) in [5, 5.41) is 2.94. The van der Waals surface area contributed by atoms with Crippen LogP contribution >= 0.6 is 11.8 Å². The monoisotopic (exact) mass is 399 g/mol. The van der Waals surface area contributed by atoms with Gasteiger partial charge in [0.1, 0.15) is 0 Å². The minimum atomic E-state index is -0.104. The number of aromatic nitrogens is 2. The van der Waals surface area contributed by atoms with E-state index in [1.165, 1.54) is 0 Å². The van der Waals surface area contributed by atoms with Gasteiger partial charge in [-0.2, -0.15) is 0 Å². The summed E-state index contributed by atoms with van der Waals surface area (Å²) >= 11 is 1.71. The molecule has 0 saturated heterocycles. The third-order valence-electron chi connectivity index (χ3n) is 4.64. The first-order valence-corrected chi connectivity index (χ1v) is 10.4. The van der Waals surface area contributed by atoms with Crippen molar-refractivity contribution in [2.75, 3.05) is 5.32 Å². The van der Waals surface area contributed by atoms with Crippen LogP contribution in [0.15, 0.2) is 77.7 Å². The van der Waals surface area contributed by atoms with E-state index in [1.54, 1.807) is 11.8 Å². The number of aryl methyl sites for hydroxylation is 2. The molecule has 0 bridgehead atoms. The fourth-order valence-electron chi connectivity index (χ4n) is 2.96. The lowest BCUT2D eigenvalue weighted by Crippen LogP contribution is -2.11. The zero-order chi connectivity index (χ0) is 20.2. The summed E-state index contributed by atoms with van der Waals surface area (Å²) in [6, 6.07) is 23.3. The van der Waals surface area contributed by atoms with E-state index >= 15 is 0 Å². The molecule has 0 unspecified atom stereocenters. The zero-order valence-corrected chi connectivity index (χ0v) is 17.2. The summed E-state index contributed by atoms with van der Waals surface area (Å²) in [6.45, 7) is 4.00. The van der Waals surface area contributed by atoms with E-state index in [9.17, 15) is 4.79 Å². The quantitative estimate of drug-likeness (QED) is 0.432. The van der Waals surface area contributed by atoms with Crippen molar-refractivity contribution in [3.63, 3.8) is 0 Å². The van der Waals surface area contributed by atoms with E-state index < -0.39 is 0 Å². The van der Waals surface area contributed by atoms with Crippen LogP contribution in [0.5, 0.6) is 0 Å². The Bertz CT molecular complexity index is 1160. The highest BCUT2D eigenvalue weighted by Gasteiger charge is 2.08. The molecule has 1 amide bonds. The van der Waals surface area contributed by atoms with Crippen molar-refractivity contribution in [3.8, 4) is 0 Å². The predicted octanol–water partition coefficient (Wildman–Crippen LogP) is 5.79. The Morgan fingerprint density at radius 3 is 2.21 bits per heavy atom. The highest BCUT2D eigenvalue weighted by atomic mass is 32.2. The third-order valence-corrected chi connectivity index (χ3v) is 5.67. The number of carbonyl (C=O) groups is 1. The number of thioether (sulfide) groups is 1. The number of fused-ring (bicyclic) bond motifs is 1. The van der Waals surface area contributed by atoms with Crippen molar-refractivity contribution in [1.29, 1.82) is 0 Å². The first kappa shape index (κ1) is 19.2. The number of amides is 1. The van der Waals surface area contributed by atoms with Gasteiger partial charge in [0, 0.05) is 21.9 Å². The highest BCUT2D eigenvalue weighted by molar-refractivity contribution is 7.98. The van der Waals surface area contributed by atoms with Crippen molar-refractivity contribution in [2.45, 2.75) is 24.5 Å². The fourth-order valence-corrected chi connectivity index (χ4v) is 3.86. The van der Waals surface area contributed by atoms with Gasteiger partial charge in [-0.05, 0) is 62.4 Å². The van der Waals surface area contributed by atoms with Gasteiger partial charge in [0.2, 0.25) is 0 Å². The molecule has 0 aliphatic rings. The molecule has 0 aliphatic carbocycles. The Morgan fingerprint density at radius 1 is 0.862 bits per heavy atom. The lowest BCUT2D eigenvalue weighted by Gasteiger charge is -2.08. The van der Waals surface area contributed by atoms with Crippen molar-refractivity contribution in [3.05, 3.63) is 95.3 Å². The molecule has 144 valence electrons. The number of nitrogens with one attached hydrogen (secondary N) is 1. The normalized spacial score (nSPS) is 10.8.